The van der Waals surface area contributed by atoms with Gasteiger partial charge < -0.3 is 4.90 Å². The fourth-order valence-electron chi connectivity index (χ4n) is 1.05. The van der Waals surface area contributed by atoms with Crippen LogP contribution < -0.4 is 0 Å². The van der Waals surface area contributed by atoms with E-state index >= 15 is 0 Å². The van der Waals surface area contributed by atoms with Gasteiger partial charge in [-0.15, -0.1) is 0 Å². The lowest BCUT2D eigenvalue weighted by Crippen LogP contribution is -2.21. The predicted octanol–water partition coefficient (Wildman–Crippen LogP) is 2.06. The lowest BCUT2D eigenvalue weighted by molar-refractivity contribution is -0.385. The summed E-state index contributed by atoms with van der Waals surface area (Å²) in [6.07, 6.45) is 0. The van der Waals surface area contributed by atoms with Crippen LogP contribution in [0.3, 0.4) is 0 Å². The van der Waals surface area contributed by atoms with Crippen LogP contribution in [-0.4, -0.2) is 29.8 Å². The molecule has 1 rings (SSSR count). The number of amides is 1. The van der Waals surface area contributed by atoms with Crippen molar-refractivity contribution in [3.8, 4) is 0 Å². The molecule has 1 aromatic carbocycles. The van der Waals surface area contributed by atoms with Crippen LogP contribution in [0.25, 0.3) is 0 Å². The monoisotopic (exact) mass is 272 g/mol. The molecular weight excluding hydrogens is 264 g/mol. The SMILES string of the molecule is CN(C)C(=O)c1ccc([N+](=O)[O-])c(Br)c1. The molecule has 0 aliphatic heterocycles. The molecular formula is C9H9BrN2O3. The van der Waals surface area contributed by atoms with E-state index in [-0.39, 0.29) is 11.6 Å². The molecule has 1 amide bonds. The summed E-state index contributed by atoms with van der Waals surface area (Å²) < 4.78 is 0.306. The third-order valence-electron chi connectivity index (χ3n) is 1.80. The largest absolute Gasteiger partial charge is 0.345 e. The number of benzene rings is 1. The maximum absolute atomic E-state index is 11.5. The van der Waals surface area contributed by atoms with Crippen LogP contribution in [0.15, 0.2) is 22.7 Å². The highest BCUT2D eigenvalue weighted by Crippen LogP contribution is 2.25. The molecule has 0 aliphatic rings. The molecule has 0 heterocycles. The Bertz CT molecular complexity index is 418. The van der Waals surface area contributed by atoms with E-state index < -0.39 is 4.92 Å². The first kappa shape index (κ1) is 11.6. The second kappa shape index (κ2) is 4.39. The van der Waals surface area contributed by atoms with Crippen molar-refractivity contribution in [2.45, 2.75) is 0 Å². The third kappa shape index (κ3) is 2.53. The third-order valence-corrected chi connectivity index (χ3v) is 2.43. The molecule has 5 nitrogen and oxygen atoms in total. The number of nitrogens with zero attached hydrogens (tertiary/aromatic N) is 2. The van der Waals surface area contributed by atoms with Crippen molar-refractivity contribution < 1.29 is 9.72 Å². The second-order valence-electron chi connectivity index (χ2n) is 3.12. The quantitative estimate of drug-likeness (QED) is 0.612. The Morgan fingerprint density at radius 2 is 2.07 bits per heavy atom. The Labute approximate surface area is 95.0 Å². The van der Waals surface area contributed by atoms with E-state index in [1.165, 1.54) is 23.1 Å². The predicted molar refractivity (Wildman–Crippen MR) is 58.8 cm³/mol. The van der Waals surface area contributed by atoms with Gasteiger partial charge in [0.25, 0.3) is 11.6 Å². The lowest BCUT2D eigenvalue weighted by atomic mass is 10.2. The van der Waals surface area contributed by atoms with Crippen LogP contribution >= 0.6 is 15.9 Å². The minimum atomic E-state index is -0.506. The number of nitro benzene ring substituents is 1. The molecule has 0 unspecified atom stereocenters. The van der Waals surface area contributed by atoms with Crippen molar-refractivity contribution in [3.05, 3.63) is 38.3 Å². The van der Waals surface area contributed by atoms with Gasteiger partial charge in [0.15, 0.2) is 0 Å². The smallest absolute Gasteiger partial charge is 0.283 e. The molecule has 0 atom stereocenters. The molecule has 15 heavy (non-hydrogen) atoms. The van der Waals surface area contributed by atoms with E-state index in [0.717, 1.165) is 0 Å². The van der Waals surface area contributed by atoms with Crippen LogP contribution in [0.4, 0.5) is 5.69 Å². The first-order valence-corrected chi connectivity index (χ1v) is 4.88. The number of hydrogen-bond donors (Lipinski definition) is 0. The van der Waals surface area contributed by atoms with Crippen LogP contribution in [0, 0.1) is 10.1 Å². The standard InChI is InChI=1S/C9H9BrN2O3/c1-11(2)9(13)6-3-4-8(12(14)15)7(10)5-6/h3-5H,1-2H3. The summed E-state index contributed by atoms with van der Waals surface area (Å²) in [5, 5.41) is 10.5. The summed E-state index contributed by atoms with van der Waals surface area (Å²) in [7, 11) is 3.25. The van der Waals surface area contributed by atoms with Crippen molar-refractivity contribution in [2.75, 3.05) is 14.1 Å². The highest BCUT2D eigenvalue weighted by atomic mass is 79.9. The van der Waals surface area contributed by atoms with Gasteiger partial charge in [-0.3, -0.25) is 14.9 Å². The fraction of sp³-hybridized carbons (Fsp3) is 0.222. The molecule has 80 valence electrons. The molecule has 1 aromatic rings. The normalized spacial score (nSPS) is 9.80. The fourth-order valence-corrected chi connectivity index (χ4v) is 1.57. The maximum atomic E-state index is 11.5. The first-order chi connectivity index (χ1) is 6.93. The molecule has 0 aromatic heterocycles. The zero-order valence-corrected chi connectivity index (χ0v) is 9.82. The zero-order chi connectivity index (χ0) is 11.6. The molecule has 6 heteroatoms. The summed E-state index contributed by atoms with van der Waals surface area (Å²) in [5.41, 5.74) is 0.364. The van der Waals surface area contributed by atoms with Crippen LogP contribution in [0.1, 0.15) is 10.4 Å². The minimum Gasteiger partial charge on any atom is -0.345 e. The van der Waals surface area contributed by atoms with Crippen molar-refractivity contribution in [1.29, 1.82) is 0 Å². The van der Waals surface area contributed by atoms with Gasteiger partial charge in [-0.25, -0.2) is 0 Å². The van der Waals surface area contributed by atoms with Crippen molar-refractivity contribution in [3.63, 3.8) is 0 Å². The molecule has 0 spiro atoms. The van der Waals surface area contributed by atoms with E-state index in [0.29, 0.717) is 10.0 Å². The lowest BCUT2D eigenvalue weighted by Gasteiger charge is -2.09. The summed E-state index contributed by atoms with van der Waals surface area (Å²) in [4.78, 5) is 22.9. The van der Waals surface area contributed by atoms with E-state index in [2.05, 4.69) is 15.9 Å². The Morgan fingerprint density at radius 3 is 2.47 bits per heavy atom. The molecule has 0 bridgehead atoms. The molecule has 0 fully saturated rings. The Morgan fingerprint density at radius 1 is 1.47 bits per heavy atom. The Balaban J connectivity index is 3.12. The number of nitro groups is 1. The van der Waals surface area contributed by atoms with Gasteiger partial charge in [0, 0.05) is 25.7 Å². The summed E-state index contributed by atoms with van der Waals surface area (Å²) in [6, 6.07) is 4.19. The Kier molecular flexibility index (Phi) is 3.41. The first-order valence-electron chi connectivity index (χ1n) is 4.09. The van der Waals surface area contributed by atoms with Gasteiger partial charge in [-0.2, -0.15) is 0 Å². The number of rotatable bonds is 2. The van der Waals surface area contributed by atoms with Gasteiger partial charge in [-0.05, 0) is 28.1 Å². The zero-order valence-electron chi connectivity index (χ0n) is 8.23. The highest BCUT2D eigenvalue weighted by Gasteiger charge is 2.15. The van der Waals surface area contributed by atoms with Crippen molar-refractivity contribution >= 4 is 27.5 Å². The summed E-state index contributed by atoms with van der Waals surface area (Å²) >= 11 is 3.05. The van der Waals surface area contributed by atoms with Gasteiger partial charge in [0.1, 0.15) is 0 Å². The second-order valence-corrected chi connectivity index (χ2v) is 3.98. The number of carbonyl (C=O) groups excluding carboxylic acids is 1. The minimum absolute atomic E-state index is 0.0506. The average molecular weight is 273 g/mol. The van der Waals surface area contributed by atoms with Crippen LogP contribution in [-0.2, 0) is 0 Å². The van der Waals surface area contributed by atoms with E-state index in [1.807, 2.05) is 0 Å². The molecule has 0 saturated heterocycles. The van der Waals surface area contributed by atoms with Gasteiger partial charge in [-0.1, -0.05) is 0 Å². The van der Waals surface area contributed by atoms with Gasteiger partial charge in [0.2, 0.25) is 0 Å². The van der Waals surface area contributed by atoms with Gasteiger partial charge >= 0.3 is 0 Å². The number of carbonyl (C=O) groups is 1. The topological polar surface area (TPSA) is 63.5 Å². The molecule has 0 N–H and O–H groups in total. The van der Waals surface area contributed by atoms with Crippen molar-refractivity contribution in [1.82, 2.24) is 4.90 Å². The van der Waals surface area contributed by atoms with Crippen molar-refractivity contribution in [2.24, 2.45) is 0 Å². The maximum Gasteiger partial charge on any atom is 0.283 e. The summed E-state index contributed by atoms with van der Waals surface area (Å²) in [5.74, 6) is -0.189. The van der Waals surface area contributed by atoms with E-state index in [4.69, 9.17) is 0 Å². The molecule has 0 aliphatic carbocycles. The summed E-state index contributed by atoms with van der Waals surface area (Å²) in [6.45, 7) is 0. The highest BCUT2D eigenvalue weighted by molar-refractivity contribution is 9.10. The van der Waals surface area contributed by atoms with Crippen LogP contribution in [0.2, 0.25) is 0 Å². The number of halogens is 1. The van der Waals surface area contributed by atoms with Crippen LogP contribution in [0.5, 0.6) is 0 Å². The van der Waals surface area contributed by atoms with E-state index in [9.17, 15) is 14.9 Å². The van der Waals surface area contributed by atoms with E-state index in [1.54, 1.807) is 14.1 Å². The molecule has 0 saturated carbocycles. The molecule has 0 radical (unpaired) electrons. The van der Waals surface area contributed by atoms with Gasteiger partial charge in [0.05, 0.1) is 9.40 Å². The Hall–Kier alpha value is -1.43. The number of hydrogen-bond acceptors (Lipinski definition) is 3. The average Bonchev–Trinajstić information content (AvgIpc) is 2.15.